The fraction of sp³-hybridized carbons (Fsp3) is 0.538. The molecule has 0 bridgehead atoms. The Kier molecular flexibility index (Phi) is 6.78. The second-order valence-corrected chi connectivity index (χ2v) is 9.41. The van der Waals surface area contributed by atoms with Crippen LogP contribution >= 0.6 is 0 Å². The largest absolute Gasteiger partial charge is 0.389 e. The monoisotopic (exact) mass is 409 g/mol. The highest BCUT2D eigenvalue weighted by Gasteiger charge is 2.50. The van der Waals surface area contributed by atoms with Crippen molar-refractivity contribution in [2.45, 2.75) is 51.3 Å². The lowest BCUT2D eigenvalue weighted by Crippen LogP contribution is -2.57. The van der Waals surface area contributed by atoms with Crippen LogP contribution in [-0.2, 0) is 0 Å². The van der Waals surface area contributed by atoms with Gasteiger partial charge in [-0.15, -0.1) is 0 Å². The molecular formula is C26H39N3O. The van der Waals surface area contributed by atoms with E-state index < -0.39 is 5.60 Å². The SMILES string of the molecule is CCCC1(O)[C@H](C)[C@H](c2ccc(N(C)C)cc2)N[C@@H](c2ccc(N(C)C)cc2)[C@@H]1C. The Morgan fingerprint density at radius 2 is 1.13 bits per heavy atom. The van der Waals surface area contributed by atoms with Gasteiger partial charge in [0, 0.05) is 63.5 Å². The molecule has 30 heavy (non-hydrogen) atoms. The molecule has 4 heteroatoms. The molecule has 0 aromatic heterocycles. The lowest BCUT2D eigenvalue weighted by atomic mass is 9.64. The van der Waals surface area contributed by atoms with Crippen LogP contribution in [0.15, 0.2) is 48.5 Å². The standard InChI is InChI=1S/C26H39N3O/c1-8-17-26(30)18(2)24(20-9-13-22(14-10-20)28(4)5)27-25(19(26)3)21-11-15-23(16-12-21)29(6)7/h9-16,18-19,24-25,27,30H,8,17H2,1-7H3/t18-,19+,24-,25-,26?/m1/s1. The number of hydrogen-bond donors (Lipinski definition) is 2. The Morgan fingerprint density at radius 3 is 1.43 bits per heavy atom. The van der Waals surface area contributed by atoms with Gasteiger partial charge in [-0.3, -0.25) is 0 Å². The second-order valence-electron chi connectivity index (χ2n) is 9.41. The summed E-state index contributed by atoms with van der Waals surface area (Å²) in [5.74, 6) is 0.241. The molecule has 0 radical (unpaired) electrons. The van der Waals surface area contributed by atoms with E-state index in [1.54, 1.807) is 0 Å². The van der Waals surface area contributed by atoms with Gasteiger partial charge >= 0.3 is 0 Å². The zero-order chi connectivity index (χ0) is 22.1. The number of nitrogens with one attached hydrogen (secondary N) is 1. The summed E-state index contributed by atoms with van der Waals surface area (Å²) in [4.78, 5) is 4.23. The van der Waals surface area contributed by atoms with E-state index >= 15 is 0 Å². The van der Waals surface area contributed by atoms with E-state index in [2.05, 4.69) is 113 Å². The van der Waals surface area contributed by atoms with Gasteiger partial charge in [0.1, 0.15) is 0 Å². The highest BCUT2D eigenvalue weighted by Crippen LogP contribution is 2.49. The van der Waals surface area contributed by atoms with Crippen LogP contribution in [-0.4, -0.2) is 38.9 Å². The number of anilines is 2. The van der Waals surface area contributed by atoms with Crippen molar-refractivity contribution >= 4 is 11.4 Å². The van der Waals surface area contributed by atoms with E-state index in [1.807, 2.05) is 0 Å². The molecule has 2 N–H and O–H groups in total. The zero-order valence-electron chi connectivity index (χ0n) is 19.7. The molecule has 2 aromatic carbocycles. The van der Waals surface area contributed by atoms with Gasteiger partial charge < -0.3 is 20.2 Å². The van der Waals surface area contributed by atoms with Gasteiger partial charge in [0.25, 0.3) is 0 Å². The maximum atomic E-state index is 11.9. The Balaban J connectivity index is 1.98. The molecule has 0 spiro atoms. The molecule has 4 nitrogen and oxygen atoms in total. The van der Waals surface area contributed by atoms with E-state index in [0.29, 0.717) is 0 Å². The van der Waals surface area contributed by atoms with Gasteiger partial charge in [0.15, 0.2) is 0 Å². The van der Waals surface area contributed by atoms with Crippen molar-refractivity contribution in [1.29, 1.82) is 0 Å². The summed E-state index contributed by atoms with van der Waals surface area (Å²) in [5, 5.41) is 15.8. The minimum Gasteiger partial charge on any atom is -0.389 e. The van der Waals surface area contributed by atoms with E-state index in [4.69, 9.17) is 0 Å². The van der Waals surface area contributed by atoms with Crippen LogP contribution < -0.4 is 15.1 Å². The smallest absolute Gasteiger partial charge is 0.0734 e. The molecule has 0 saturated carbocycles. The number of aliphatic hydroxyl groups is 1. The fourth-order valence-electron chi connectivity index (χ4n) is 5.06. The van der Waals surface area contributed by atoms with Crippen LogP contribution in [0.1, 0.15) is 56.8 Å². The lowest BCUT2D eigenvalue weighted by Gasteiger charge is -2.52. The average Bonchev–Trinajstić information content (AvgIpc) is 2.73. The first-order valence-electron chi connectivity index (χ1n) is 11.2. The number of rotatable bonds is 6. The molecule has 1 aliphatic heterocycles. The van der Waals surface area contributed by atoms with Crippen LogP contribution in [0.25, 0.3) is 0 Å². The van der Waals surface area contributed by atoms with Gasteiger partial charge in [-0.2, -0.15) is 0 Å². The Morgan fingerprint density at radius 1 is 0.767 bits per heavy atom. The van der Waals surface area contributed by atoms with E-state index in [9.17, 15) is 5.11 Å². The minimum atomic E-state index is -0.713. The van der Waals surface area contributed by atoms with Gasteiger partial charge in [-0.25, -0.2) is 0 Å². The summed E-state index contributed by atoms with van der Waals surface area (Å²) >= 11 is 0. The van der Waals surface area contributed by atoms with Crippen molar-refractivity contribution in [2.24, 2.45) is 11.8 Å². The normalized spacial score (nSPS) is 28.9. The van der Waals surface area contributed by atoms with Gasteiger partial charge in [-0.05, 0) is 41.8 Å². The van der Waals surface area contributed by atoms with Crippen molar-refractivity contribution < 1.29 is 5.11 Å². The van der Waals surface area contributed by atoms with Crippen LogP contribution in [0.5, 0.6) is 0 Å². The van der Waals surface area contributed by atoms with E-state index in [0.717, 1.165) is 12.8 Å². The van der Waals surface area contributed by atoms with Crippen LogP contribution in [0, 0.1) is 11.8 Å². The highest BCUT2D eigenvalue weighted by atomic mass is 16.3. The Bertz CT molecular complexity index is 750. The third kappa shape index (κ3) is 4.21. The van der Waals surface area contributed by atoms with Crippen LogP contribution in [0.2, 0.25) is 0 Å². The molecule has 1 unspecified atom stereocenters. The van der Waals surface area contributed by atoms with Crippen molar-refractivity contribution in [1.82, 2.24) is 5.32 Å². The first-order valence-corrected chi connectivity index (χ1v) is 11.2. The quantitative estimate of drug-likeness (QED) is 0.704. The summed E-state index contributed by atoms with van der Waals surface area (Å²) in [7, 11) is 8.24. The second kappa shape index (κ2) is 8.99. The molecule has 1 heterocycles. The molecule has 2 aromatic rings. The summed E-state index contributed by atoms with van der Waals surface area (Å²) < 4.78 is 0. The first kappa shape index (κ1) is 22.6. The van der Waals surface area contributed by atoms with Gasteiger partial charge in [-0.1, -0.05) is 51.5 Å². The molecule has 1 fully saturated rings. The van der Waals surface area contributed by atoms with Crippen molar-refractivity contribution in [3.63, 3.8) is 0 Å². The molecule has 1 saturated heterocycles. The topological polar surface area (TPSA) is 38.7 Å². The third-order valence-corrected chi connectivity index (χ3v) is 7.12. The molecule has 1 aliphatic rings. The third-order valence-electron chi connectivity index (χ3n) is 7.12. The maximum Gasteiger partial charge on any atom is 0.0734 e. The number of piperidine rings is 1. The molecule has 164 valence electrons. The van der Waals surface area contributed by atoms with Crippen molar-refractivity contribution in [3.8, 4) is 0 Å². The lowest BCUT2D eigenvalue weighted by molar-refractivity contribution is -0.116. The zero-order valence-corrected chi connectivity index (χ0v) is 19.7. The number of nitrogens with zero attached hydrogens (tertiary/aromatic N) is 2. The fourth-order valence-corrected chi connectivity index (χ4v) is 5.06. The van der Waals surface area contributed by atoms with E-state index in [-0.39, 0.29) is 23.9 Å². The van der Waals surface area contributed by atoms with Crippen LogP contribution in [0.3, 0.4) is 0 Å². The summed E-state index contributed by atoms with van der Waals surface area (Å²) in [5.41, 5.74) is 4.15. The van der Waals surface area contributed by atoms with Gasteiger partial charge in [0.05, 0.1) is 5.60 Å². The first-order chi connectivity index (χ1) is 14.2. The predicted molar refractivity (Wildman–Crippen MR) is 128 cm³/mol. The predicted octanol–water partition coefficient (Wildman–Crippen LogP) is 5.01. The maximum absolute atomic E-state index is 11.9. The minimum absolute atomic E-state index is 0.104. The van der Waals surface area contributed by atoms with Crippen molar-refractivity contribution in [3.05, 3.63) is 59.7 Å². The molecule has 5 atom stereocenters. The Labute approximate surface area is 182 Å². The summed E-state index contributed by atoms with van der Waals surface area (Å²) in [6.07, 6.45) is 1.79. The molecule has 3 rings (SSSR count). The number of hydrogen-bond acceptors (Lipinski definition) is 4. The molecule has 0 amide bonds. The molecule has 0 aliphatic carbocycles. The van der Waals surface area contributed by atoms with Crippen molar-refractivity contribution in [2.75, 3.05) is 38.0 Å². The molecular weight excluding hydrogens is 370 g/mol. The Hall–Kier alpha value is -2.04. The average molecular weight is 410 g/mol. The summed E-state index contributed by atoms with van der Waals surface area (Å²) in [6, 6.07) is 17.7. The van der Waals surface area contributed by atoms with Crippen LogP contribution in [0.4, 0.5) is 11.4 Å². The van der Waals surface area contributed by atoms with Gasteiger partial charge in [0.2, 0.25) is 0 Å². The van der Waals surface area contributed by atoms with E-state index in [1.165, 1.54) is 22.5 Å². The highest BCUT2D eigenvalue weighted by molar-refractivity contribution is 5.48. The summed E-state index contributed by atoms with van der Waals surface area (Å²) in [6.45, 7) is 6.57. The number of benzene rings is 2.